The van der Waals surface area contributed by atoms with Gasteiger partial charge in [0.15, 0.2) is 12.6 Å². The standard InChI is InChI=1S/C17H20N2O5.C15H15NO6/c1-3-18-17(21)13-9-15(20)19(10-16-23-6-7-24-16)14-8-11(22-2)4-5-12(13)14;1-20-9-2-3-10-11(15(18)19)7-13(17)16(12(10)6-9)8-14-21-4-5-22-14/h4-5,8-9,16H,3,6-7,10H2,1-2H3,(H,18,21);2-3,6-7,14H,4-5,8H2,1H3,(H,18,19). The van der Waals surface area contributed by atoms with Gasteiger partial charge in [0, 0.05) is 41.6 Å². The van der Waals surface area contributed by atoms with Crippen LogP contribution >= 0.6 is 0 Å². The van der Waals surface area contributed by atoms with Crippen molar-refractivity contribution < 1.29 is 43.1 Å². The highest BCUT2D eigenvalue weighted by Crippen LogP contribution is 2.25. The van der Waals surface area contributed by atoms with Crippen molar-refractivity contribution in [1.82, 2.24) is 14.5 Å². The number of carboxylic acid groups (broad SMARTS) is 1. The lowest BCUT2D eigenvalue weighted by Gasteiger charge is -2.16. The Kier molecular flexibility index (Phi) is 10.3. The van der Waals surface area contributed by atoms with Gasteiger partial charge in [-0.25, -0.2) is 4.79 Å². The van der Waals surface area contributed by atoms with E-state index in [1.807, 2.05) is 6.92 Å². The summed E-state index contributed by atoms with van der Waals surface area (Å²) in [5, 5.41) is 13.2. The van der Waals surface area contributed by atoms with Crippen molar-refractivity contribution in [2.24, 2.45) is 0 Å². The summed E-state index contributed by atoms with van der Waals surface area (Å²) in [6, 6.07) is 12.7. The van der Waals surface area contributed by atoms with Crippen LogP contribution in [-0.4, -0.2) is 85.9 Å². The Labute approximate surface area is 262 Å². The molecule has 6 rings (SSSR count). The number of rotatable bonds is 9. The Morgan fingerprint density at radius 2 is 1.20 bits per heavy atom. The number of nitrogens with one attached hydrogen (secondary N) is 1. The first kappa shape index (κ1) is 32.6. The Morgan fingerprint density at radius 1 is 0.761 bits per heavy atom. The molecule has 14 nitrogen and oxygen atoms in total. The first-order valence-electron chi connectivity index (χ1n) is 14.6. The van der Waals surface area contributed by atoms with E-state index in [1.165, 1.54) is 17.7 Å². The summed E-state index contributed by atoms with van der Waals surface area (Å²) in [5.41, 5.74) is 0.704. The predicted octanol–water partition coefficient (Wildman–Crippen LogP) is 2.21. The zero-order valence-electron chi connectivity index (χ0n) is 25.6. The van der Waals surface area contributed by atoms with Gasteiger partial charge in [0.05, 0.1) is 75.9 Å². The normalized spacial score (nSPS) is 15.1. The number of hydrogen-bond acceptors (Lipinski definition) is 10. The molecule has 4 aromatic rings. The Hall–Kier alpha value is -4.76. The topological polar surface area (TPSA) is 166 Å². The largest absolute Gasteiger partial charge is 0.497 e. The quantitative estimate of drug-likeness (QED) is 0.276. The minimum absolute atomic E-state index is 0.0350. The minimum Gasteiger partial charge on any atom is -0.497 e. The zero-order chi connectivity index (χ0) is 32.8. The Bertz CT molecular complexity index is 1850. The van der Waals surface area contributed by atoms with E-state index in [2.05, 4.69) is 5.32 Å². The molecular formula is C32H35N3O11. The number of fused-ring (bicyclic) bond motifs is 2. The zero-order valence-corrected chi connectivity index (χ0v) is 25.6. The fourth-order valence-electron chi connectivity index (χ4n) is 5.30. The molecule has 0 unspecified atom stereocenters. The van der Waals surface area contributed by atoms with Gasteiger partial charge in [0.25, 0.3) is 17.0 Å². The van der Waals surface area contributed by atoms with Gasteiger partial charge in [0.1, 0.15) is 11.5 Å². The van der Waals surface area contributed by atoms with Crippen molar-refractivity contribution in [3.05, 3.63) is 80.4 Å². The van der Waals surface area contributed by atoms with Crippen LogP contribution < -0.4 is 25.9 Å². The van der Waals surface area contributed by atoms with E-state index in [0.717, 1.165) is 6.07 Å². The lowest BCUT2D eigenvalue weighted by Crippen LogP contribution is -2.30. The second-order valence-corrected chi connectivity index (χ2v) is 10.3. The van der Waals surface area contributed by atoms with Gasteiger partial charge < -0.3 is 48.0 Å². The minimum atomic E-state index is -1.15. The molecule has 0 bridgehead atoms. The van der Waals surface area contributed by atoms with Gasteiger partial charge >= 0.3 is 5.97 Å². The van der Waals surface area contributed by atoms with Crippen molar-refractivity contribution in [1.29, 1.82) is 0 Å². The third-order valence-electron chi connectivity index (χ3n) is 7.50. The number of aromatic nitrogens is 2. The number of hydrogen-bond donors (Lipinski definition) is 2. The van der Waals surface area contributed by atoms with Crippen LogP contribution in [0.2, 0.25) is 0 Å². The smallest absolute Gasteiger partial charge is 0.336 e. The van der Waals surface area contributed by atoms with E-state index in [-0.39, 0.29) is 30.1 Å². The number of aromatic carboxylic acids is 1. The average Bonchev–Trinajstić information content (AvgIpc) is 3.78. The number of amides is 1. The molecular weight excluding hydrogens is 602 g/mol. The summed E-state index contributed by atoms with van der Waals surface area (Å²) in [4.78, 5) is 48.5. The van der Waals surface area contributed by atoms with Crippen LogP contribution in [0.25, 0.3) is 21.8 Å². The van der Waals surface area contributed by atoms with Gasteiger partial charge in [-0.3, -0.25) is 14.4 Å². The lowest BCUT2D eigenvalue weighted by atomic mass is 10.1. The lowest BCUT2D eigenvalue weighted by molar-refractivity contribution is -0.0525. The molecule has 2 aromatic heterocycles. The highest BCUT2D eigenvalue weighted by molar-refractivity contribution is 6.06. The van der Waals surface area contributed by atoms with E-state index in [4.69, 9.17) is 28.4 Å². The maximum absolute atomic E-state index is 12.6. The number of carbonyl (C=O) groups excluding carboxylic acids is 1. The summed E-state index contributed by atoms with van der Waals surface area (Å²) in [5.74, 6) is -0.272. The monoisotopic (exact) mass is 637 g/mol. The second-order valence-electron chi connectivity index (χ2n) is 10.3. The molecule has 244 valence electrons. The first-order chi connectivity index (χ1) is 22.2. The molecule has 46 heavy (non-hydrogen) atoms. The molecule has 0 saturated carbocycles. The third-order valence-corrected chi connectivity index (χ3v) is 7.50. The molecule has 0 radical (unpaired) electrons. The van der Waals surface area contributed by atoms with Crippen LogP contribution in [-0.2, 0) is 32.0 Å². The highest BCUT2D eigenvalue weighted by atomic mass is 16.7. The van der Waals surface area contributed by atoms with E-state index in [0.29, 0.717) is 71.8 Å². The van der Waals surface area contributed by atoms with Gasteiger partial charge in [-0.1, -0.05) is 0 Å². The number of benzene rings is 2. The summed E-state index contributed by atoms with van der Waals surface area (Å²) < 4.78 is 35.0. The van der Waals surface area contributed by atoms with Crippen molar-refractivity contribution in [2.75, 3.05) is 47.2 Å². The Balaban J connectivity index is 0.000000182. The summed E-state index contributed by atoms with van der Waals surface area (Å²) in [7, 11) is 3.06. The Morgan fingerprint density at radius 3 is 1.61 bits per heavy atom. The molecule has 4 heterocycles. The van der Waals surface area contributed by atoms with Crippen molar-refractivity contribution >= 4 is 33.7 Å². The van der Waals surface area contributed by atoms with Crippen LogP contribution in [0.5, 0.6) is 11.5 Å². The van der Waals surface area contributed by atoms with Crippen molar-refractivity contribution in [3.63, 3.8) is 0 Å². The van der Waals surface area contributed by atoms with E-state index >= 15 is 0 Å². The molecule has 2 N–H and O–H groups in total. The fraction of sp³-hybridized carbons (Fsp3) is 0.375. The molecule has 2 aromatic carbocycles. The fourth-order valence-corrected chi connectivity index (χ4v) is 5.30. The maximum Gasteiger partial charge on any atom is 0.336 e. The number of pyridine rings is 2. The van der Waals surface area contributed by atoms with Crippen LogP contribution in [0.15, 0.2) is 58.1 Å². The van der Waals surface area contributed by atoms with Gasteiger partial charge in [-0.05, 0) is 31.2 Å². The van der Waals surface area contributed by atoms with E-state index < -0.39 is 24.1 Å². The van der Waals surface area contributed by atoms with Crippen LogP contribution in [0.3, 0.4) is 0 Å². The average molecular weight is 638 g/mol. The number of carbonyl (C=O) groups is 2. The predicted molar refractivity (Wildman–Crippen MR) is 166 cm³/mol. The summed E-state index contributed by atoms with van der Waals surface area (Å²) in [6.07, 6.45) is -0.977. The number of carboxylic acids is 1. The molecule has 2 aliphatic rings. The third kappa shape index (κ3) is 7.05. The molecule has 0 aliphatic carbocycles. The van der Waals surface area contributed by atoms with Crippen LogP contribution in [0.4, 0.5) is 0 Å². The highest BCUT2D eigenvalue weighted by Gasteiger charge is 2.22. The number of ether oxygens (including phenoxy) is 6. The van der Waals surface area contributed by atoms with Gasteiger partial charge in [-0.15, -0.1) is 0 Å². The van der Waals surface area contributed by atoms with Crippen molar-refractivity contribution in [3.8, 4) is 11.5 Å². The SMILES string of the molecule is CCNC(=O)c1cc(=O)n(CC2OCCO2)c2cc(OC)ccc12.COc1ccc2c(C(=O)O)cc(=O)n(CC3OCCO3)c2c1. The van der Waals surface area contributed by atoms with E-state index in [9.17, 15) is 24.3 Å². The van der Waals surface area contributed by atoms with Gasteiger partial charge in [-0.2, -0.15) is 0 Å². The van der Waals surface area contributed by atoms with Crippen LogP contribution in [0, 0.1) is 0 Å². The molecule has 0 spiro atoms. The first-order valence-corrected chi connectivity index (χ1v) is 14.6. The molecule has 2 aliphatic heterocycles. The molecule has 0 atom stereocenters. The maximum atomic E-state index is 12.6. The molecule has 2 saturated heterocycles. The molecule has 2 fully saturated rings. The summed E-state index contributed by atoms with van der Waals surface area (Å²) in [6.45, 7) is 4.76. The van der Waals surface area contributed by atoms with Crippen LogP contribution in [0.1, 0.15) is 27.6 Å². The van der Waals surface area contributed by atoms with E-state index in [1.54, 1.807) is 48.1 Å². The molecule has 1 amide bonds. The number of methoxy groups -OCH3 is 2. The van der Waals surface area contributed by atoms with Crippen molar-refractivity contribution in [2.45, 2.75) is 32.6 Å². The van der Waals surface area contributed by atoms with Gasteiger partial charge in [0.2, 0.25) is 0 Å². The summed E-state index contributed by atoms with van der Waals surface area (Å²) >= 11 is 0. The second kappa shape index (κ2) is 14.6. The molecule has 14 heteroatoms. The number of nitrogens with zero attached hydrogens (tertiary/aromatic N) is 2.